The van der Waals surface area contributed by atoms with E-state index in [1.165, 1.54) is 11.1 Å². The molecule has 0 radical (unpaired) electrons. The van der Waals surface area contributed by atoms with Crippen molar-refractivity contribution in [2.45, 2.75) is 52.0 Å². The lowest BCUT2D eigenvalue weighted by Gasteiger charge is -2.35. The van der Waals surface area contributed by atoms with Crippen LogP contribution in [0.2, 0.25) is 0 Å². The summed E-state index contributed by atoms with van der Waals surface area (Å²) in [4.78, 5) is 11.9. The van der Waals surface area contributed by atoms with Crippen molar-refractivity contribution in [3.8, 4) is 0 Å². The molecule has 26 heavy (non-hydrogen) atoms. The van der Waals surface area contributed by atoms with Crippen molar-refractivity contribution in [1.29, 1.82) is 0 Å². The summed E-state index contributed by atoms with van der Waals surface area (Å²) < 4.78 is 32.1. The first kappa shape index (κ1) is 20.0. The van der Waals surface area contributed by atoms with Gasteiger partial charge in [-0.05, 0) is 60.3 Å². The van der Waals surface area contributed by atoms with Crippen LogP contribution in [0, 0.1) is 16.7 Å². The molecule has 3 aliphatic carbocycles. The summed E-state index contributed by atoms with van der Waals surface area (Å²) in [6, 6.07) is 6.75. The van der Waals surface area contributed by atoms with Gasteiger partial charge in [0.15, 0.2) is 0 Å². The van der Waals surface area contributed by atoms with Gasteiger partial charge in [-0.1, -0.05) is 35.8 Å². The molecule has 2 fully saturated rings. The van der Waals surface area contributed by atoms with E-state index in [0.717, 1.165) is 23.7 Å². The Bertz CT molecular complexity index is 836. The normalized spacial score (nSPS) is 31.5. The summed E-state index contributed by atoms with van der Waals surface area (Å²) >= 11 is 3.44. The largest absolute Gasteiger partial charge is 0.327 e. The van der Waals surface area contributed by atoms with E-state index >= 15 is 0 Å². The first-order chi connectivity index (χ1) is 11.9. The highest BCUT2D eigenvalue weighted by Crippen LogP contribution is 2.64. The van der Waals surface area contributed by atoms with Crippen molar-refractivity contribution in [3.63, 3.8) is 0 Å². The minimum Gasteiger partial charge on any atom is -0.327 e. The van der Waals surface area contributed by atoms with Gasteiger partial charge < -0.3 is 5.73 Å². The van der Waals surface area contributed by atoms with Gasteiger partial charge in [-0.2, -0.15) is 8.42 Å². The zero-order valence-corrected chi connectivity index (χ0v) is 17.6. The predicted molar refractivity (Wildman–Crippen MR) is 105 cm³/mol. The molecule has 3 N–H and O–H groups in total. The van der Waals surface area contributed by atoms with Gasteiger partial charge in [0.25, 0.3) is 10.1 Å². The molecule has 0 aliphatic heterocycles. The molecule has 2 saturated carbocycles. The van der Waals surface area contributed by atoms with Crippen molar-refractivity contribution in [2.24, 2.45) is 22.5 Å². The maximum absolute atomic E-state index is 11.9. The van der Waals surface area contributed by atoms with Crippen molar-refractivity contribution < 1.29 is 17.8 Å². The van der Waals surface area contributed by atoms with Crippen LogP contribution in [0.3, 0.4) is 0 Å². The van der Waals surface area contributed by atoms with Crippen molar-refractivity contribution in [2.75, 3.05) is 5.75 Å². The molecule has 3 atom stereocenters. The second-order valence-corrected chi connectivity index (χ2v) is 10.8. The van der Waals surface area contributed by atoms with Crippen LogP contribution in [0.1, 0.15) is 44.2 Å². The molecule has 0 spiro atoms. The first-order valence-electron chi connectivity index (χ1n) is 8.96. The molecule has 144 valence electrons. The van der Waals surface area contributed by atoms with Crippen LogP contribution in [0.4, 0.5) is 0 Å². The summed E-state index contributed by atoms with van der Waals surface area (Å²) in [7, 11) is -4.08. The smallest absolute Gasteiger partial charge is 0.265 e. The Morgan fingerprint density at radius 2 is 1.88 bits per heavy atom. The van der Waals surface area contributed by atoms with Crippen molar-refractivity contribution in [3.05, 3.63) is 33.8 Å². The fourth-order valence-electron chi connectivity index (χ4n) is 5.04. The van der Waals surface area contributed by atoms with Gasteiger partial charge in [0.05, 0.1) is 11.2 Å². The number of fused-ring (bicyclic) bond motifs is 3. The zero-order valence-electron chi connectivity index (χ0n) is 15.2. The third-order valence-corrected chi connectivity index (χ3v) is 8.05. The Kier molecular flexibility index (Phi) is 5.14. The van der Waals surface area contributed by atoms with Gasteiger partial charge in [0.1, 0.15) is 5.78 Å². The molecule has 0 aromatic heterocycles. The van der Waals surface area contributed by atoms with E-state index in [2.05, 4.69) is 34.1 Å². The van der Waals surface area contributed by atoms with Gasteiger partial charge in [0, 0.05) is 16.9 Å². The first-order valence-corrected chi connectivity index (χ1v) is 11.4. The van der Waals surface area contributed by atoms with Crippen molar-refractivity contribution >= 4 is 31.8 Å². The number of Topliss-reactive ketones (excluding diaryl/α,β-unsaturated/α-hetero) is 1. The summed E-state index contributed by atoms with van der Waals surface area (Å²) in [6.45, 7) is 3.89. The van der Waals surface area contributed by atoms with E-state index in [4.69, 9.17) is 10.3 Å². The van der Waals surface area contributed by atoms with E-state index in [1.54, 1.807) is 0 Å². The molecule has 4 rings (SSSR count). The van der Waals surface area contributed by atoms with Crippen LogP contribution in [0.15, 0.2) is 22.7 Å². The molecule has 1 aromatic carbocycles. The fraction of sp³-hybridized carbons (Fsp3) is 0.632. The number of hydrogen-bond acceptors (Lipinski definition) is 4. The number of benzene rings is 1. The van der Waals surface area contributed by atoms with E-state index in [9.17, 15) is 13.2 Å². The van der Waals surface area contributed by atoms with Gasteiger partial charge in [-0.15, -0.1) is 0 Å². The second kappa shape index (κ2) is 6.69. The van der Waals surface area contributed by atoms with Gasteiger partial charge in [-0.25, -0.2) is 0 Å². The number of halogens is 1. The van der Waals surface area contributed by atoms with Crippen LogP contribution >= 0.6 is 15.9 Å². The van der Waals surface area contributed by atoms with E-state index in [1.807, 2.05) is 13.8 Å². The highest BCUT2D eigenvalue weighted by atomic mass is 79.9. The monoisotopic (exact) mass is 443 g/mol. The van der Waals surface area contributed by atoms with E-state index in [0.29, 0.717) is 18.9 Å². The fourth-order valence-corrected chi connectivity index (χ4v) is 6.75. The summed E-state index contributed by atoms with van der Waals surface area (Å²) in [6.07, 6.45) is 4.05. The maximum atomic E-state index is 11.9. The van der Waals surface area contributed by atoms with Crippen LogP contribution in [0.5, 0.6) is 0 Å². The molecule has 0 amide bonds. The molecule has 3 aliphatic rings. The Hall–Kier alpha value is -0.760. The van der Waals surface area contributed by atoms with E-state index < -0.39 is 21.3 Å². The molecular weight excluding hydrogens is 418 g/mol. The predicted octanol–water partition coefficient (Wildman–Crippen LogP) is 3.14. The molecule has 0 heterocycles. The lowest BCUT2D eigenvalue weighted by Crippen LogP contribution is -2.42. The molecule has 7 heteroatoms. The Balaban J connectivity index is 0.000000158. The van der Waals surface area contributed by atoms with E-state index in [-0.39, 0.29) is 17.1 Å². The lowest BCUT2D eigenvalue weighted by molar-refractivity contribution is -0.128. The number of nitrogens with two attached hydrogens (primary N) is 1. The number of hydrogen-bond donors (Lipinski definition) is 2. The van der Waals surface area contributed by atoms with Gasteiger partial charge >= 0.3 is 0 Å². The molecule has 0 saturated heterocycles. The molecule has 5 nitrogen and oxygen atoms in total. The van der Waals surface area contributed by atoms with Crippen LogP contribution in [-0.2, 0) is 27.8 Å². The zero-order chi connectivity index (χ0) is 19.3. The van der Waals surface area contributed by atoms with Gasteiger partial charge in [0.2, 0.25) is 0 Å². The minimum atomic E-state index is -4.08. The second-order valence-electron chi connectivity index (χ2n) is 8.47. The molecule has 0 unspecified atom stereocenters. The number of ketones is 1. The summed E-state index contributed by atoms with van der Waals surface area (Å²) in [5.41, 5.74) is 7.53. The number of carbonyl (C=O) groups excluding carboxylic acids is 1. The third-order valence-electron chi connectivity index (χ3n) is 6.70. The number of rotatable bonds is 2. The SMILES string of the molecule is CC1(C)[C@H]2CC[C@]1(CS(=O)(=O)O)C(=O)C2.N[C@H]1Cc2ccc(Br)cc2C1. The summed E-state index contributed by atoms with van der Waals surface area (Å²) in [5, 5.41) is 0. The van der Waals surface area contributed by atoms with Crippen LogP contribution < -0.4 is 5.73 Å². The third kappa shape index (κ3) is 3.51. The maximum Gasteiger partial charge on any atom is 0.265 e. The minimum absolute atomic E-state index is 0.0152. The van der Waals surface area contributed by atoms with Crippen LogP contribution in [-0.4, -0.2) is 30.5 Å². The molecule has 2 bridgehead atoms. The average Bonchev–Trinajstić information content (AvgIpc) is 3.03. The van der Waals surface area contributed by atoms with Gasteiger partial charge in [-0.3, -0.25) is 9.35 Å². The van der Waals surface area contributed by atoms with Crippen LogP contribution in [0.25, 0.3) is 0 Å². The number of carbonyl (C=O) groups is 1. The quantitative estimate of drug-likeness (QED) is 0.683. The molecule has 1 aromatic rings. The molecular formula is C19H26BrNO4S. The lowest BCUT2D eigenvalue weighted by atomic mass is 9.70. The highest BCUT2D eigenvalue weighted by molar-refractivity contribution is 9.10. The Labute approximate surface area is 163 Å². The average molecular weight is 444 g/mol. The Morgan fingerprint density at radius 1 is 1.23 bits per heavy atom. The standard InChI is InChI=1S/C10H16O4S.C9H10BrN/c1-9(2)7-3-4-10(9,8(11)5-7)6-15(12,13)14;10-8-2-1-6-4-9(11)5-7(6)3-8/h7H,3-6H2,1-2H3,(H,12,13,14);1-3,9H,4-5,11H2/t7-,10-;9-/m00/s1. The highest BCUT2D eigenvalue weighted by Gasteiger charge is 2.65. The van der Waals surface area contributed by atoms with Crippen molar-refractivity contribution in [1.82, 2.24) is 0 Å². The summed E-state index contributed by atoms with van der Waals surface area (Å²) in [5.74, 6) is -0.101. The topological polar surface area (TPSA) is 97.5 Å². The Morgan fingerprint density at radius 3 is 2.42 bits per heavy atom.